The molecule has 1 N–H and O–H groups in total. The Morgan fingerprint density at radius 1 is 1.39 bits per heavy atom. The zero-order valence-corrected chi connectivity index (χ0v) is 13.9. The van der Waals surface area contributed by atoms with E-state index in [0.717, 1.165) is 12.8 Å². The molecular weight excluding hydrogens is 318 g/mol. The van der Waals surface area contributed by atoms with Crippen LogP contribution in [0.5, 0.6) is 5.88 Å². The summed E-state index contributed by atoms with van der Waals surface area (Å²) in [7, 11) is -3.58. The first-order chi connectivity index (χ1) is 11.0. The van der Waals surface area contributed by atoms with Crippen LogP contribution < -0.4 is 4.74 Å². The molecule has 0 amide bonds. The molecule has 0 aromatic carbocycles. The van der Waals surface area contributed by atoms with Gasteiger partial charge in [-0.25, -0.2) is 18.4 Å². The topological polar surface area (TPSA) is 101 Å². The zero-order chi connectivity index (χ0) is 16.4. The molecule has 0 bridgehead atoms. The molecule has 8 nitrogen and oxygen atoms in total. The minimum Gasteiger partial charge on any atom is -0.473 e. The van der Waals surface area contributed by atoms with Crippen molar-refractivity contribution in [2.24, 2.45) is 0 Å². The minimum atomic E-state index is -3.58. The summed E-state index contributed by atoms with van der Waals surface area (Å²) in [5.74, 6) is 0.458. The second-order valence-electron chi connectivity index (χ2n) is 5.56. The van der Waals surface area contributed by atoms with Crippen molar-refractivity contribution in [2.45, 2.75) is 37.7 Å². The van der Waals surface area contributed by atoms with E-state index in [1.807, 2.05) is 0 Å². The van der Waals surface area contributed by atoms with Crippen LogP contribution >= 0.6 is 0 Å². The standard InChI is InChI=1S/C14H19N5O3S/c1-10-14(11(2)18-17-10)23(20,21)19-7-3-4-12(8-19)22-13-5-6-15-9-16-13/h5-6,9,12H,3-4,7-8H2,1-2H3,(H,17,18). The summed E-state index contributed by atoms with van der Waals surface area (Å²) in [6, 6.07) is 1.66. The number of H-pyrrole nitrogens is 1. The second kappa shape index (κ2) is 6.25. The van der Waals surface area contributed by atoms with Crippen LogP contribution in [-0.4, -0.2) is 52.1 Å². The average Bonchev–Trinajstić information content (AvgIpc) is 2.88. The third-order valence-electron chi connectivity index (χ3n) is 3.84. The lowest BCUT2D eigenvalue weighted by Gasteiger charge is -2.31. The quantitative estimate of drug-likeness (QED) is 0.895. The molecule has 1 atom stereocenters. The predicted molar refractivity (Wildman–Crippen MR) is 82.5 cm³/mol. The number of nitrogens with zero attached hydrogens (tertiary/aromatic N) is 4. The molecule has 0 spiro atoms. The summed E-state index contributed by atoms with van der Waals surface area (Å²) in [4.78, 5) is 8.12. The van der Waals surface area contributed by atoms with Gasteiger partial charge in [-0.1, -0.05) is 0 Å². The van der Waals surface area contributed by atoms with Gasteiger partial charge in [-0.15, -0.1) is 0 Å². The summed E-state index contributed by atoms with van der Waals surface area (Å²) < 4.78 is 33.0. The number of hydrogen-bond donors (Lipinski definition) is 1. The minimum absolute atomic E-state index is 0.221. The number of hydrogen-bond acceptors (Lipinski definition) is 6. The fourth-order valence-corrected chi connectivity index (χ4v) is 4.63. The van der Waals surface area contributed by atoms with Crippen LogP contribution in [0.15, 0.2) is 23.5 Å². The Morgan fingerprint density at radius 2 is 2.22 bits per heavy atom. The number of sulfonamides is 1. The fourth-order valence-electron chi connectivity index (χ4n) is 2.79. The lowest BCUT2D eigenvalue weighted by molar-refractivity contribution is 0.124. The van der Waals surface area contributed by atoms with Crippen molar-refractivity contribution in [3.05, 3.63) is 30.0 Å². The van der Waals surface area contributed by atoms with Gasteiger partial charge in [-0.05, 0) is 26.7 Å². The molecule has 9 heteroatoms. The molecule has 23 heavy (non-hydrogen) atoms. The first-order valence-electron chi connectivity index (χ1n) is 7.43. The maximum atomic E-state index is 12.9. The van der Waals surface area contributed by atoms with Crippen LogP contribution in [0.25, 0.3) is 0 Å². The summed E-state index contributed by atoms with van der Waals surface area (Å²) in [6.07, 6.45) is 4.31. The fraction of sp³-hybridized carbons (Fsp3) is 0.500. The zero-order valence-electron chi connectivity index (χ0n) is 13.1. The van der Waals surface area contributed by atoms with Gasteiger partial charge in [-0.3, -0.25) is 5.10 Å². The number of rotatable bonds is 4. The molecule has 0 saturated carbocycles. The smallest absolute Gasteiger partial charge is 0.246 e. The van der Waals surface area contributed by atoms with E-state index in [2.05, 4.69) is 20.2 Å². The van der Waals surface area contributed by atoms with Gasteiger partial charge in [0.1, 0.15) is 17.3 Å². The molecule has 2 aromatic heterocycles. The number of aromatic nitrogens is 4. The van der Waals surface area contributed by atoms with Gasteiger partial charge in [0.05, 0.1) is 17.9 Å². The maximum absolute atomic E-state index is 12.9. The van der Waals surface area contributed by atoms with Crippen molar-refractivity contribution in [1.29, 1.82) is 0 Å². The molecule has 1 fully saturated rings. The summed E-state index contributed by atoms with van der Waals surface area (Å²) >= 11 is 0. The van der Waals surface area contributed by atoms with Crippen LogP contribution in [0.2, 0.25) is 0 Å². The van der Waals surface area contributed by atoms with Gasteiger partial charge in [-0.2, -0.15) is 9.40 Å². The van der Waals surface area contributed by atoms with E-state index in [1.165, 1.54) is 10.6 Å². The third kappa shape index (κ3) is 3.20. The van der Waals surface area contributed by atoms with Gasteiger partial charge in [0, 0.05) is 18.8 Å². The lowest BCUT2D eigenvalue weighted by atomic mass is 10.1. The van der Waals surface area contributed by atoms with Crippen molar-refractivity contribution < 1.29 is 13.2 Å². The first-order valence-corrected chi connectivity index (χ1v) is 8.87. The molecule has 3 rings (SSSR count). The van der Waals surface area contributed by atoms with Crippen LogP contribution in [0.4, 0.5) is 0 Å². The molecule has 1 unspecified atom stereocenters. The summed E-state index contributed by atoms with van der Waals surface area (Å²) in [5.41, 5.74) is 1.04. The third-order valence-corrected chi connectivity index (χ3v) is 5.97. The Bertz CT molecular complexity index is 755. The van der Waals surface area contributed by atoms with E-state index in [9.17, 15) is 8.42 Å². The summed E-state index contributed by atoms with van der Waals surface area (Å²) in [6.45, 7) is 4.19. The van der Waals surface area contributed by atoms with E-state index >= 15 is 0 Å². The SMILES string of the molecule is Cc1n[nH]c(C)c1S(=O)(=O)N1CCCC(Oc2ccncn2)C1. The lowest BCUT2D eigenvalue weighted by Crippen LogP contribution is -2.44. The normalized spacial score (nSPS) is 19.7. The molecule has 1 saturated heterocycles. The number of nitrogens with one attached hydrogen (secondary N) is 1. The van der Waals surface area contributed by atoms with Gasteiger partial charge in [0.25, 0.3) is 0 Å². The van der Waals surface area contributed by atoms with Crippen molar-refractivity contribution in [2.75, 3.05) is 13.1 Å². The van der Waals surface area contributed by atoms with Crippen LogP contribution in [0.3, 0.4) is 0 Å². The van der Waals surface area contributed by atoms with Crippen LogP contribution in [0, 0.1) is 13.8 Å². The van der Waals surface area contributed by atoms with Crippen molar-refractivity contribution in [3.8, 4) is 5.88 Å². The highest BCUT2D eigenvalue weighted by atomic mass is 32.2. The van der Waals surface area contributed by atoms with E-state index in [1.54, 1.807) is 26.1 Å². The molecule has 3 heterocycles. The van der Waals surface area contributed by atoms with Crippen LogP contribution in [-0.2, 0) is 10.0 Å². The molecule has 124 valence electrons. The molecular formula is C14H19N5O3S. The van der Waals surface area contributed by atoms with Gasteiger partial charge in [0.2, 0.25) is 15.9 Å². The molecule has 1 aliphatic rings. The van der Waals surface area contributed by atoms with E-state index in [-0.39, 0.29) is 11.0 Å². The Kier molecular flexibility index (Phi) is 4.31. The molecule has 0 radical (unpaired) electrons. The number of piperidine rings is 1. The van der Waals surface area contributed by atoms with Crippen LogP contribution in [0.1, 0.15) is 24.2 Å². The largest absolute Gasteiger partial charge is 0.473 e. The summed E-state index contributed by atoms with van der Waals surface area (Å²) in [5, 5.41) is 6.71. The highest BCUT2D eigenvalue weighted by Crippen LogP contribution is 2.25. The number of ether oxygens (including phenoxy) is 1. The molecule has 0 aliphatic carbocycles. The Morgan fingerprint density at radius 3 is 2.87 bits per heavy atom. The highest BCUT2D eigenvalue weighted by molar-refractivity contribution is 7.89. The van der Waals surface area contributed by atoms with Crippen molar-refractivity contribution in [1.82, 2.24) is 24.5 Å². The maximum Gasteiger partial charge on any atom is 0.246 e. The first kappa shape index (κ1) is 15.9. The Balaban J connectivity index is 1.78. The van der Waals surface area contributed by atoms with Gasteiger partial charge in [0.15, 0.2) is 0 Å². The van der Waals surface area contributed by atoms with E-state index in [0.29, 0.717) is 30.4 Å². The Hall–Kier alpha value is -2.00. The van der Waals surface area contributed by atoms with E-state index < -0.39 is 10.0 Å². The van der Waals surface area contributed by atoms with E-state index in [4.69, 9.17) is 4.74 Å². The monoisotopic (exact) mass is 337 g/mol. The highest BCUT2D eigenvalue weighted by Gasteiger charge is 2.34. The number of aromatic amines is 1. The predicted octanol–water partition coefficient (Wildman–Crippen LogP) is 1.05. The average molecular weight is 337 g/mol. The van der Waals surface area contributed by atoms with Crippen molar-refractivity contribution in [3.63, 3.8) is 0 Å². The molecule has 1 aliphatic heterocycles. The van der Waals surface area contributed by atoms with Crippen molar-refractivity contribution >= 4 is 10.0 Å². The number of aryl methyl sites for hydroxylation is 2. The van der Waals surface area contributed by atoms with Gasteiger partial charge < -0.3 is 4.74 Å². The molecule has 2 aromatic rings. The second-order valence-corrected chi connectivity index (χ2v) is 7.43. The Labute approximate surface area is 135 Å². The van der Waals surface area contributed by atoms with Gasteiger partial charge >= 0.3 is 0 Å².